The van der Waals surface area contributed by atoms with Crippen LogP contribution in [0.2, 0.25) is 0 Å². The summed E-state index contributed by atoms with van der Waals surface area (Å²) in [7, 11) is 0. The van der Waals surface area contributed by atoms with Crippen LogP contribution < -0.4 is 0 Å². The molecule has 3 heteroatoms. The van der Waals surface area contributed by atoms with Crippen LogP contribution in [0.25, 0.3) is 5.57 Å². The summed E-state index contributed by atoms with van der Waals surface area (Å²) in [5.41, 5.74) is 0.981. The molecular weight excluding hydrogens is 168 g/mol. The molecule has 0 bridgehead atoms. The highest BCUT2D eigenvalue weighted by Gasteiger charge is 2.09. The van der Waals surface area contributed by atoms with Crippen molar-refractivity contribution in [1.29, 1.82) is 0 Å². The van der Waals surface area contributed by atoms with Gasteiger partial charge in [-0.05, 0) is 32.9 Å². The van der Waals surface area contributed by atoms with Crippen molar-refractivity contribution in [3.8, 4) is 0 Å². The van der Waals surface area contributed by atoms with E-state index in [0.717, 1.165) is 5.76 Å². The number of carbonyl (C=O) groups is 1. The Balaban J connectivity index is 3.09. The van der Waals surface area contributed by atoms with E-state index in [-0.39, 0.29) is 0 Å². The molecule has 0 saturated heterocycles. The van der Waals surface area contributed by atoms with E-state index in [1.165, 1.54) is 0 Å². The minimum atomic E-state index is -0.911. The minimum Gasteiger partial charge on any atom is -0.478 e. The van der Waals surface area contributed by atoms with Crippen LogP contribution in [0.3, 0.4) is 0 Å². The first-order valence-electron chi connectivity index (χ1n) is 4.00. The highest BCUT2D eigenvalue weighted by atomic mass is 16.4. The molecule has 0 aliphatic rings. The van der Waals surface area contributed by atoms with Crippen molar-refractivity contribution in [2.75, 3.05) is 0 Å². The normalized spacial score (nSPS) is 12.5. The van der Waals surface area contributed by atoms with Crippen LogP contribution in [0, 0.1) is 6.92 Å². The molecule has 1 N–H and O–H groups in total. The topological polar surface area (TPSA) is 50.4 Å². The predicted molar refractivity (Wildman–Crippen MR) is 49.3 cm³/mol. The highest BCUT2D eigenvalue weighted by molar-refractivity contribution is 5.94. The molecule has 0 fully saturated rings. The summed E-state index contributed by atoms with van der Waals surface area (Å²) in [6, 6.07) is 3.59. The van der Waals surface area contributed by atoms with Gasteiger partial charge >= 0.3 is 5.97 Å². The lowest BCUT2D eigenvalue weighted by Crippen LogP contribution is -1.98. The van der Waals surface area contributed by atoms with Crippen molar-refractivity contribution in [3.05, 3.63) is 29.2 Å². The standard InChI is InChI=1S/C10H12O3/c1-6-4-5-9(13-6)7(2)8(3)10(11)12/h4-5H,1-3H3,(H,11,12). The summed E-state index contributed by atoms with van der Waals surface area (Å²) in [4.78, 5) is 10.6. The Morgan fingerprint density at radius 3 is 2.38 bits per heavy atom. The number of allylic oxidation sites excluding steroid dienone is 1. The number of carboxylic acid groups (broad SMARTS) is 1. The number of furan rings is 1. The van der Waals surface area contributed by atoms with E-state index in [4.69, 9.17) is 9.52 Å². The molecule has 0 saturated carbocycles. The number of carboxylic acids is 1. The quantitative estimate of drug-likeness (QED) is 0.711. The first kappa shape index (κ1) is 9.58. The second-order valence-electron chi connectivity index (χ2n) is 2.97. The van der Waals surface area contributed by atoms with Crippen molar-refractivity contribution in [2.24, 2.45) is 0 Å². The fraction of sp³-hybridized carbons (Fsp3) is 0.300. The van der Waals surface area contributed by atoms with Crippen LogP contribution >= 0.6 is 0 Å². The minimum absolute atomic E-state index is 0.314. The zero-order valence-electron chi connectivity index (χ0n) is 7.92. The van der Waals surface area contributed by atoms with Gasteiger partial charge < -0.3 is 9.52 Å². The second-order valence-corrected chi connectivity index (χ2v) is 2.97. The summed E-state index contributed by atoms with van der Waals surface area (Å²) in [5.74, 6) is 0.497. The van der Waals surface area contributed by atoms with Crippen molar-refractivity contribution in [1.82, 2.24) is 0 Å². The average Bonchev–Trinajstić information content (AvgIpc) is 2.49. The molecule has 1 aromatic heterocycles. The van der Waals surface area contributed by atoms with Gasteiger partial charge in [0.15, 0.2) is 0 Å². The van der Waals surface area contributed by atoms with Gasteiger partial charge in [-0.2, -0.15) is 0 Å². The molecule has 0 spiro atoms. The maximum Gasteiger partial charge on any atom is 0.331 e. The molecule has 0 radical (unpaired) electrons. The van der Waals surface area contributed by atoms with E-state index < -0.39 is 5.97 Å². The van der Waals surface area contributed by atoms with E-state index in [1.807, 2.05) is 13.0 Å². The molecule has 0 atom stereocenters. The van der Waals surface area contributed by atoms with Crippen molar-refractivity contribution < 1.29 is 14.3 Å². The van der Waals surface area contributed by atoms with Gasteiger partial charge in [0, 0.05) is 11.1 Å². The van der Waals surface area contributed by atoms with E-state index >= 15 is 0 Å². The van der Waals surface area contributed by atoms with Crippen LogP contribution in [0.5, 0.6) is 0 Å². The second kappa shape index (κ2) is 3.47. The lowest BCUT2D eigenvalue weighted by molar-refractivity contribution is -0.132. The molecule has 0 unspecified atom stereocenters. The van der Waals surface area contributed by atoms with E-state index in [9.17, 15) is 4.79 Å². The lowest BCUT2D eigenvalue weighted by atomic mass is 10.1. The fourth-order valence-electron chi connectivity index (χ4n) is 0.981. The Morgan fingerprint density at radius 2 is 2.00 bits per heavy atom. The van der Waals surface area contributed by atoms with Crippen LogP contribution in [0.1, 0.15) is 25.4 Å². The van der Waals surface area contributed by atoms with Crippen molar-refractivity contribution in [2.45, 2.75) is 20.8 Å². The zero-order valence-corrected chi connectivity index (χ0v) is 7.92. The summed E-state index contributed by atoms with van der Waals surface area (Å²) in [6.45, 7) is 5.13. The van der Waals surface area contributed by atoms with Crippen molar-refractivity contribution >= 4 is 11.5 Å². The Bertz CT molecular complexity index is 358. The van der Waals surface area contributed by atoms with Gasteiger partial charge in [-0.1, -0.05) is 0 Å². The Hall–Kier alpha value is -1.51. The SMILES string of the molecule is CC(C(=O)O)=C(C)c1ccc(C)o1. The number of hydrogen-bond donors (Lipinski definition) is 1. The van der Waals surface area contributed by atoms with Gasteiger partial charge in [-0.15, -0.1) is 0 Å². The molecule has 1 heterocycles. The number of rotatable bonds is 2. The highest BCUT2D eigenvalue weighted by Crippen LogP contribution is 2.20. The molecule has 0 aliphatic carbocycles. The monoisotopic (exact) mass is 180 g/mol. The molecule has 0 aromatic carbocycles. The van der Waals surface area contributed by atoms with Crippen molar-refractivity contribution in [3.63, 3.8) is 0 Å². The molecule has 0 aliphatic heterocycles. The zero-order chi connectivity index (χ0) is 10.0. The van der Waals surface area contributed by atoms with Gasteiger partial charge in [-0.3, -0.25) is 0 Å². The number of aryl methyl sites for hydroxylation is 1. The summed E-state index contributed by atoms with van der Waals surface area (Å²) < 4.78 is 5.30. The third-order valence-electron chi connectivity index (χ3n) is 1.99. The molecule has 70 valence electrons. The first-order valence-corrected chi connectivity index (χ1v) is 4.00. The molecule has 1 rings (SSSR count). The summed E-state index contributed by atoms with van der Waals surface area (Å²) in [5, 5.41) is 8.72. The van der Waals surface area contributed by atoms with Gasteiger partial charge in [0.05, 0.1) is 0 Å². The third-order valence-corrected chi connectivity index (χ3v) is 1.99. The summed E-state index contributed by atoms with van der Waals surface area (Å²) in [6.07, 6.45) is 0. The van der Waals surface area contributed by atoms with Gasteiger partial charge in [0.2, 0.25) is 0 Å². The number of hydrogen-bond acceptors (Lipinski definition) is 2. The maximum atomic E-state index is 10.6. The smallest absolute Gasteiger partial charge is 0.331 e. The van der Waals surface area contributed by atoms with E-state index in [2.05, 4.69) is 0 Å². The Kier molecular flexibility index (Phi) is 2.56. The largest absolute Gasteiger partial charge is 0.478 e. The fourth-order valence-corrected chi connectivity index (χ4v) is 0.981. The van der Waals surface area contributed by atoms with Crippen LogP contribution in [-0.2, 0) is 4.79 Å². The van der Waals surface area contributed by atoms with E-state index in [0.29, 0.717) is 16.9 Å². The Labute approximate surface area is 76.7 Å². The molecule has 13 heavy (non-hydrogen) atoms. The van der Waals surface area contributed by atoms with E-state index in [1.54, 1.807) is 19.9 Å². The van der Waals surface area contributed by atoms with Gasteiger partial charge in [0.25, 0.3) is 0 Å². The first-order chi connectivity index (χ1) is 6.02. The van der Waals surface area contributed by atoms with Crippen LogP contribution in [-0.4, -0.2) is 11.1 Å². The van der Waals surface area contributed by atoms with Crippen LogP contribution in [0.15, 0.2) is 22.1 Å². The predicted octanol–water partition coefficient (Wildman–Crippen LogP) is 2.47. The third kappa shape index (κ3) is 1.99. The average molecular weight is 180 g/mol. The Morgan fingerprint density at radius 1 is 1.38 bits per heavy atom. The van der Waals surface area contributed by atoms with Gasteiger partial charge in [-0.25, -0.2) is 4.79 Å². The number of aliphatic carboxylic acids is 1. The maximum absolute atomic E-state index is 10.6. The molecule has 3 nitrogen and oxygen atoms in total. The summed E-state index contributed by atoms with van der Waals surface area (Å²) >= 11 is 0. The molecule has 1 aromatic rings. The molecule has 0 amide bonds. The molecular formula is C10H12O3. The van der Waals surface area contributed by atoms with Gasteiger partial charge in [0.1, 0.15) is 11.5 Å². The lowest BCUT2D eigenvalue weighted by Gasteiger charge is -1.99. The van der Waals surface area contributed by atoms with Crippen LogP contribution in [0.4, 0.5) is 0 Å².